The minimum atomic E-state index is -0.0544. The predicted octanol–water partition coefficient (Wildman–Crippen LogP) is 2.89. The van der Waals surface area contributed by atoms with E-state index in [0.717, 1.165) is 38.0 Å². The molecule has 24 heavy (non-hydrogen) atoms. The second-order valence-corrected chi connectivity index (χ2v) is 6.85. The van der Waals surface area contributed by atoms with Gasteiger partial charge in [-0.2, -0.15) is 0 Å². The van der Waals surface area contributed by atoms with E-state index in [-0.39, 0.29) is 18.1 Å². The van der Waals surface area contributed by atoms with Crippen LogP contribution in [0.5, 0.6) is 11.5 Å². The van der Waals surface area contributed by atoms with E-state index in [1.165, 1.54) is 12.8 Å². The molecule has 0 aromatic heterocycles. The molecule has 2 N–H and O–H groups in total. The fourth-order valence-corrected chi connectivity index (χ4v) is 3.58. The smallest absolute Gasteiger partial charge is 0.251 e. The van der Waals surface area contributed by atoms with Crippen molar-refractivity contribution in [2.45, 2.75) is 63.6 Å². The molecule has 1 heterocycles. The fraction of sp³-hybridized carbons (Fsp3) is 0.632. The molecule has 1 aliphatic heterocycles. The van der Waals surface area contributed by atoms with E-state index >= 15 is 0 Å². The van der Waals surface area contributed by atoms with E-state index in [0.29, 0.717) is 17.4 Å². The predicted molar refractivity (Wildman–Crippen MR) is 93.8 cm³/mol. The maximum atomic E-state index is 12.5. The SMILES string of the molecule is COc1cc(C(=O)NC2CCCNC2C)ccc1OC1CCCC1. The highest BCUT2D eigenvalue weighted by atomic mass is 16.5. The molecule has 1 saturated heterocycles. The molecule has 2 fully saturated rings. The third kappa shape index (κ3) is 4.01. The van der Waals surface area contributed by atoms with Crippen molar-refractivity contribution >= 4 is 5.91 Å². The number of nitrogens with one attached hydrogen (secondary N) is 2. The third-order valence-electron chi connectivity index (χ3n) is 5.10. The van der Waals surface area contributed by atoms with Gasteiger partial charge in [-0.05, 0) is 70.2 Å². The van der Waals surface area contributed by atoms with Crippen molar-refractivity contribution in [2.75, 3.05) is 13.7 Å². The molecule has 1 aromatic carbocycles. The van der Waals surface area contributed by atoms with Crippen LogP contribution in [-0.4, -0.2) is 37.7 Å². The van der Waals surface area contributed by atoms with Gasteiger partial charge < -0.3 is 20.1 Å². The third-order valence-corrected chi connectivity index (χ3v) is 5.10. The van der Waals surface area contributed by atoms with Crippen LogP contribution in [0.2, 0.25) is 0 Å². The van der Waals surface area contributed by atoms with Crippen LogP contribution in [0.15, 0.2) is 18.2 Å². The molecule has 1 aliphatic carbocycles. The zero-order chi connectivity index (χ0) is 16.9. The van der Waals surface area contributed by atoms with E-state index in [2.05, 4.69) is 17.6 Å². The van der Waals surface area contributed by atoms with Gasteiger partial charge in [-0.3, -0.25) is 4.79 Å². The first-order chi connectivity index (χ1) is 11.7. The first-order valence-electron chi connectivity index (χ1n) is 9.06. The monoisotopic (exact) mass is 332 g/mol. The fourth-order valence-electron chi connectivity index (χ4n) is 3.58. The Morgan fingerprint density at radius 1 is 1.17 bits per heavy atom. The number of rotatable bonds is 5. The lowest BCUT2D eigenvalue weighted by Crippen LogP contribution is -2.51. The zero-order valence-corrected chi connectivity index (χ0v) is 14.6. The summed E-state index contributed by atoms with van der Waals surface area (Å²) in [6.45, 7) is 3.14. The average Bonchev–Trinajstić information content (AvgIpc) is 3.10. The van der Waals surface area contributed by atoms with Gasteiger partial charge in [-0.25, -0.2) is 0 Å². The Hall–Kier alpha value is -1.75. The lowest BCUT2D eigenvalue weighted by molar-refractivity contribution is 0.0919. The van der Waals surface area contributed by atoms with E-state index in [1.807, 2.05) is 12.1 Å². The maximum Gasteiger partial charge on any atom is 0.251 e. The van der Waals surface area contributed by atoms with Crippen LogP contribution in [0.1, 0.15) is 55.8 Å². The van der Waals surface area contributed by atoms with E-state index in [9.17, 15) is 4.79 Å². The standard InChI is InChI=1S/C19H28N2O3/c1-13-16(8-5-11-20-13)21-19(22)14-9-10-17(18(12-14)23-2)24-15-6-3-4-7-15/h9-10,12-13,15-16,20H,3-8,11H2,1-2H3,(H,21,22). The summed E-state index contributed by atoms with van der Waals surface area (Å²) in [7, 11) is 1.62. The first kappa shape index (κ1) is 17.1. The topological polar surface area (TPSA) is 59.6 Å². The molecule has 0 radical (unpaired) electrons. The number of hydrogen-bond acceptors (Lipinski definition) is 4. The summed E-state index contributed by atoms with van der Waals surface area (Å²) in [5.41, 5.74) is 0.614. The first-order valence-corrected chi connectivity index (χ1v) is 9.06. The number of piperidine rings is 1. The van der Waals surface area contributed by atoms with Crippen molar-refractivity contribution in [1.82, 2.24) is 10.6 Å². The number of benzene rings is 1. The van der Waals surface area contributed by atoms with Gasteiger partial charge in [-0.15, -0.1) is 0 Å². The quantitative estimate of drug-likeness (QED) is 0.870. The Balaban J connectivity index is 1.67. The Morgan fingerprint density at radius 2 is 1.96 bits per heavy atom. The van der Waals surface area contributed by atoms with Gasteiger partial charge in [0.2, 0.25) is 0 Å². The highest BCUT2D eigenvalue weighted by Crippen LogP contribution is 2.32. The van der Waals surface area contributed by atoms with Crippen LogP contribution in [0.4, 0.5) is 0 Å². The average molecular weight is 332 g/mol. The van der Waals surface area contributed by atoms with Crippen LogP contribution in [-0.2, 0) is 0 Å². The summed E-state index contributed by atoms with van der Waals surface area (Å²) in [6.07, 6.45) is 7.01. The number of amides is 1. The van der Waals surface area contributed by atoms with Gasteiger partial charge in [-0.1, -0.05) is 0 Å². The van der Waals surface area contributed by atoms with Gasteiger partial charge in [0, 0.05) is 17.6 Å². The number of hydrogen-bond donors (Lipinski definition) is 2. The van der Waals surface area contributed by atoms with E-state index in [1.54, 1.807) is 13.2 Å². The number of carbonyl (C=O) groups is 1. The van der Waals surface area contributed by atoms with Crippen LogP contribution in [0.25, 0.3) is 0 Å². The van der Waals surface area contributed by atoms with Crippen LogP contribution < -0.4 is 20.1 Å². The summed E-state index contributed by atoms with van der Waals surface area (Å²) in [5, 5.41) is 6.53. The summed E-state index contributed by atoms with van der Waals surface area (Å²) in [6, 6.07) is 5.93. The molecule has 3 rings (SSSR count). The Bertz CT molecular complexity index is 570. The van der Waals surface area contributed by atoms with Gasteiger partial charge in [0.15, 0.2) is 11.5 Å². The number of carbonyl (C=O) groups excluding carboxylic acids is 1. The number of ether oxygens (including phenoxy) is 2. The molecule has 2 atom stereocenters. The molecule has 0 spiro atoms. The largest absolute Gasteiger partial charge is 0.493 e. The van der Waals surface area contributed by atoms with Crippen molar-refractivity contribution < 1.29 is 14.3 Å². The van der Waals surface area contributed by atoms with Crippen molar-refractivity contribution in [2.24, 2.45) is 0 Å². The molecule has 1 aromatic rings. The molecule has 2 aliphatic rings. The zero-order valence-electron chi connectivity index (χ0n) is 14.6. The highest BCUT2D eigenvalue weighted by Gasteiger charge is 2.24. The second kappa shape index (κ2) is 7.88. The Kier molecular flexibility index (Phi) is 5.61. The minimum Gasteiger partial charge on any atom is -0.493 e. The minimum absolute atomic E-state index is 0.0544. The molecule has 2 unspecified atom stereocenters. The van der Waals surface area contributed by atoms with Gasteiger partial charge in [0.05, 0.1) is 13.2 Å². The maximum absolute atomic E-state index is 12.5. The van der Waals surface area contributed by atoms with Crippen molar-refractivity contribution in [1.29, 1.82) is 0 Å². The molecular weight excluding hydrogens is 304 g/mol. The summed E-state index contributed by atoms with van der Waals surface area (Å²) < 4.78 is 11.5. The summed E-state index contributed by atoms with van der Waals surface area (Å²) in [5.74, 6) is 1.30. The molecule has 1 amide bonds. The molecule has 0 bridgehead atoms. The number of methoxy groups -OCH3 is 1. The van der Waals surface area contributed by atoms with Gasteiger partial charge >= 0.3 is 0 Å². The molecular formula is C19H28N2O3. The Morgan fingerprint density at radius 3 is 2.67 bits per heavy atom. The normalized spacial score (nSPS) is 24.6. The Labute approximate surface area is 144 Å². The summed E-state index contributed by atoms with van der Waals surface area (Å²) in [4.78, 5) is 12.5. The van der Waals surface area contributed by atoms with Gasteiger partial charge in [0.1, 0.15) is 0 Å². The van der Waals surface area contributed by atoms with Crippen LogP contribution in [0, 0.1) is 0 Å². The molecule has 5 heteroatoms. The molecule has 1 saturated carbocycles. The summed E-state index contributed by atoms with van der Waals surface area (Å²) >= 11 is 0. The van der Waals surface area contributed by atoms with Crippen molar-refractivity contribution in [3.8, 4) is 11.5 Å². The second-order valence-electron chi connectivity index (χ2n) is 6.85. The van der Waals surface area contributed by atoms with E-state index < -0.39 is 0 Å². The lowest BCUT2D eigenvalue weighted by atomic mass is 9.99. The van der Waals surface area contributed by atoms with Crippen molar-refractivity contribution in [3.63, 3.8) is 0 Å². The van der Waals surface area contributed by atoms with Crippen LogP contribution >= 0.6 is 0 Å². The lowest BCUT2D eigenvalue weighted by Gasteiger charge is -2.30. The van der Waals surface area contributed by atoms with E-state index in [4.69, 9.17) is 9.47 Å². The highest BCUT2D eigenvalue weighted by molar-refractivity contribution is 5.95. The molecule has 132 valence electrons. The van der Waals surface area contributed by atoms with Gasteiger partial charge in [0.25, 0.3) is 5.91 Å². The molecule has 5 nitrogen and oxygen atoms in total. The van der Waals surface area contributed by atoms with Crippen molar-refractivity contribution in [3.05, 3.63) is 23.8 Å². The van der Waals surface area contributed by atoms with Crippen LogP contribution in [0.3, 0.4) is 0 Å².